The Kier molecular flexibility index (Phi) is 6.20. The van der Waals surface area contributed by atoms with E-state index in [0.717, 1.165) is 18.9 Å². The summed E-state index contributed by atoms with van der Waals surface area (Å²) in [6.07, 6.45) is 2.32. The molecule has 0 aliphatic carbocycles. The minimum absolute atomic E-state index is 0.347. The monoisotopic (exact) mass is 249 g/mol. The maximum absolute atomic E-state index is 9.30. The normalized spacial score (nSPS) is 13.2. The fourth-order valence-electron chi connectivity index (χ4n) is 2.27. The van der Waals surface area contributed by atoms with Gasteiger partial charge in [-0.05, 0) is 48.9 Å². The molecule has 0 bridgehead atoms. The first kappa shape index (κ1) is 15.0. The third-order valence-corrected chi connectivity index (χ3v) is 3.08. The van der Waals surface area contributed by atoms with E-state index in [9.17, 15) is 5.11 Å². The molecule has 0 spiro atoms. The first-order chi connectivity index (χ1) is 8.47. The molecule has 2 heteroatoms. The molecule has 102 valence electrons. The molecule has 1 unspecified atom stereocenters. The molecule has 2 nitrogen and oxygen atoms in total. The van der Waals surface area contributed by atoms with Crippen LogP contribution in [0.5, 0.6) is 5.75 Å². The van der Waals surface area contributed by atoms with E-state index >= 15 is 0 Å². The number of nitrogens with one attached hydrogen (secondary N) is 1. The maximum atomic E-state index is 9.30. The molecule has 0 aliphatic rings. The second kappa shape index (κ2) is 7.42. The average Bonchev–Trinajstić information content (AvgIpc) is 2.28. The Bertz CT molecular complexity index is 329. The zero-order chi connectivity index (χ0) is 13.5. The van der Waals surface area contributed by atoms with Crippen molar-refractivity contribution in [2.24, 2.45) is 11.8 Å². The van der Waals surface area contributed by atoms with Gasteiger partial charge < -0.3 is 10.4 Å². The number of phenols is 1. The minimum atomic E-state index is 0.347. The second-order valence-electron chi connectivity index (χ2n) is 5.93. The molecule has 18 heavy (non-hydrogen) atoms. The standard InChI is InChI=1S/C16H27NO/c1-12(2)9-15(11-17-13(3)4)10-14-5-7-16(18)8-6-14/h5-8,12-13,15,17-18H,9-11H2,1-4H3. The molecule has 0 radical (unpaired) electrons. The SMILES string of the molecule is CC(C)CC(CNC(C)C)Cc1ccc(O)cc1. The summed E-state index contributed by atoms with van der Waals surface area (Å²) in [5.74, 6) is 1.73. The molecule has 0 saturated carbocycles. The molecular formula is C16H27NO. The molecule has 0 fully saturated rings. The van der Waals surface area contributed by atoms with Crippen molar-refractivity contribution in [3.05, 3.63) is 29.8 Å². The molecule has 0 aromatic heterocycles. The van der Waals surface area contributed by atoms with Crippen molar-refractivity contribution in [2.45, 2.75) is 46.6 Å². The number of benzene rings is 1. The fraction of sp³-hybridized carbons (Fsp3) is 0.625. The molecule has 1 aromatic rings. The van der Waals surface area contributed by atoms with E-state index in [2.05, 4.69) is 33.0 Å². The number of rotatable bonds is 7. The van der Waals surface area contributed by atoms with Gasteiger partial charge in [-0.1, -0.05) is 39.8 Å². The molecular weight excluding hydrogens is 222 g/mol. The molecule has 0 aliphatic heterocycles. The van der Waals surface area contributed by atoms with E-state index < -0.39 is 0 Å². The van der Waals surface area contributed by atoms with Gasteiger partial charge in [0.05, 0.1) is 0 Å². The van der Waals surface area contributed by atoms with Crippen molar-refractivity contribution in [3.8, 4) is 5.75 Å². The van der Waals surface area contributed by atoms with Crippen LogP contribution in [0.15, 0.2) is 24.3 Å². The van der Waals surface area contributed by atoms with Gasteiger partial charge in [0, 0.05) is 6.04 Å². The largest absolute Gasteiger partial charge is 0.508 e. The number of hydrogen-bond acceptors (Lipinski definition) is 2. The van der Waals surface area contributed by atoms with Gasteiger partial charge in [0.2, 0.25) is 0 Å². The molecule has 0 amide bonds. The highest BCUT2D eigenvalue weighted by molar-refractivity contribution is 5.26. The summed E-state index contributed by atoms with van der Waals surface area (Å²) >= 11 is 0. The van der Waals surface area contributed by atoms with E-state index in [1.165, 1.54) is 12.0 Å². The van der Waals surface area contributed by atoms with Crippen molar-refractivity contribution >= 4 is 0 Å². The summed E-state index contributed by atoms with van der Waals surface area (Å²) in [4.78, 5) is 0. The molecule has 0 heterocycles. The summed E-state index contributed by atoms with van der Waals surface area (Å²) in [7, 11) is 0. The van der Waals surface area contributed by atoms with E-state index in [1.54, 1.807) is 12.1 Å². The highest BCUT2D eigenvalue weighted by Crippen LogP contribution is 2.18. The lowest BCUT2D eigenvalue weighted by atomic mass is 9.90. The van der Waals surface area contributed by atoms with Crippen LogP contribution in [0, 0.1) is 11.8 Å². The predicted molar refractivity (Wildman–Crippen MR) is 77.9 cm³/mol. The Balaban J connectivity index is 2.56. The van der Waals surface area contributed by atoms with Gasteiger partial charge in [-0.25, -0.2) is 0 Å². The summed E-state index contributed by atoms with van der Waals surface area (Å²) in [5, 5.41) is 12.8. The van der Waals surface area contributed by atoms with Gasteiger partial charge in [-0.2, -0.15) is 0 Å². The van der Waals surface area contributed by atoms with Gasteiger partial charge in [0.1, 0.15) is 5.75 Å². The summed E-state index contributed by atoms with van der Waals surface area (Å²) in [5.41, 5.74) is 1.31. The molecule has 1 atom stereocenters. The van der Waals surface area contributed by atoms with Crippen molar-refractivity contribution in [1.82, 2.24) is 5.32 Å². The first-order valence-electron chi connectivity index (χ1n) is 6.98. The lowest BCUT2D eigenvalue weighted by molar-refractivity contribution is 0.373. The van der Waals surface area contributed by atoms with Crippen LogP contribution >= 0.6 is 0 Å². The highest BCUT2D eigenvalue weighted by Gasteiger charge is 2.12. The van der Waals surface area contributed by atoms with Gasteiger partial charge >= 0.3 is 0 Å². The molecule has 2 N–H and O–H groups in total. The quantitative estimate of drug-likeness (QED) is 0.774. The van der Waals surface area contributed by atoms with Gasteiger partial charge in [-0.3, -0.25) is 0 Å². The summed E-state index contributed by atoms with van der Waals surface area (Å²) in [6.45, 7) is 10.00. The Morgan fingerprint density at radius 2 is 1.67 bits per heavy atom. The Morgan fingerprint density at radius 3 is 2.17 bits per heavy atom. The van der Waals surface area contributed by atoms with Crippen LogP contribution in [0.2, 0.25) is 0 Å². The molecule has 1 rings (SSSR count). The number of aromatic hydroxyl groups is 1. The van der Waals surface area contributed by atoms with E-state index in [4.69, 9.17) is 0 Å². The lowest BCUT2D eigenvalue weighted by Gasteiger charge is -2.21. The third-order valence-electron chi connectivity index (χ3n) is 3.08. The molecule has 0 saturated heterocycles. The van der Waals surface area contributed by atoms with Crippen molar-refractivity contribution in [2.75, 3.05) is 6.54 Å². The maximum Gasteiger partial charge on any atom is 0.115 e. The Hall–Kier alpha value is -1.02. The average molecular weight is 249 g/mol. The van der Waals surface area contributed by atoms with Gasteiger partial charge in [-0.15, -0.1) is 0 Å². The topological polar surface area (TPSA) is 32.3 Å². The highest BCUT2D eigenvalue weighted by atomic mass is 16.3. The number of hydrogen-bond donors (Lipinski definition) is 2. The van der Waals surface area contributed by atoms with E-state index in [0.29, 0.717) is 17.7 Å². The van der Waals surface area contributed by atoms with Crippen LogP contribution in [-0.2, 0) is 6.42 Å². The zero-order valence-electron chi connectivity index (χ0n) is 12.1. The lowest BCUT2D eigenvalue weighted by Crippen LogP contribution is -2.30. The zero-order valence-corrected chi connectivity index (χ0v) is 12.1. The van der Waals surface area contributed by atoms with Crippen LogP contribution in [-0.4, -0.2) is 17.7 Å². The Labute approximate surface area is 111 Å². The Morgan fingerprint density at radius 1 is 1.06 bits per heavy atom. The summed E-state index contributed by atoms with van der Waals surface area (Å²) < 4.78 is 0. The number of phenolic OH excluding ortho intramolecular Hbond substituents is 1. The predicted octanol–water partition coefficient (Wildman–Crippen LogP) is 3.60. The smallest absolute Gasteiger partial charge is 0.115 e. The van der Waals surface area contributed by atoms with Crippen LogP contribution < -0.4 is 5.32 Å². The van der Waals surface area contributed by atoms with Gasteiger partial charge in [0.15, 0.2) is 0 Å². The second-order valence-corrected chi connectivity index (χ2v) is 5.93. The van der Waals surface area contributed by atoms with E-state index in [1.807, 2.05) is 12.1 Å². The van der Waals surface area contributed by atoms with Crippen LogP contribution in [0.25, 0.3) is 0 Å². The van der Waals surface area contributed by atoms with Crippen LogP contribution in [0.3, 0.4) is 0 Å². The van der Waals surface area contributed by atoms with Crippen molar-refractivity contribution < 1.29 is 5.11 Å². The fourth-order valence-corrected chi connectivity index (χ4v) is 2.27. The van der Waals surface area contributed by atoms with Crippen LogP contribution in [0.1, 0.15) is 39.7 Å². The first-order valence-corrected chi connectivity index (χ1v) is 6.98. The van der Waals surface area contributed by atoms with Crippen molar-refractivity contribution in [3.63, 3.8) is 0 Å². The van der Waals surface area contributed by atoms with Gasteiger partial charge in [0.25, 0.3) is 0 Å². The van der Waals surface area contributed by atoms with Crippen molar-refractivity contribution in [1.29, 1.82) is 0 Å². The third kappa shape index (κ3) is 6.06. The molecule has 1 aromatic carbocycles. The minimum Gasteiger partial charge on any atom is -0.508 e. The van der Waals surface area contributed by atoms with E-state index in [-0.39, 0.29) is 0 Å². The summed E-state index contributed by atoms with van der Waals surface area (Å²) in [6, 6.07) is 8.14. The van der Waals surface area contributed by atoms with Crippen LogP contribution in [0.4, 0.5) is 0 Å².